The smallest absolute Gasteiger partial charge is 0.248 e. The van der Waals surface area contributed by atoms with Gasteiger partial charge in [0.05, 0.1) is 12.2 Å². The monoisotopic (exact) mass is 375 g/mol. The van der Waals surface area contributed by atoms with Gasteiger partial charge in [-0.1, -0.05) is 24.3 Å². The SMILES string of the molecule is CC(=O)Nc1ccc(CC(=O)NNC(=O)CSc2ccccc2F)cc1. The number of halogens is 1. The van der Waals surface area contributed by atoms with Crippen LogP contribution in [-0.4, -0.2) is 23.5 Å². The zero-order valence-electron chi connectivity index (χ0n) is 14.0. The Morgan fingerprint density at radius 3 is 2.27 bits per heavy atom. The van der Waals surface area contributed by atoms with Crippen molar-refractivity contribution in [2.75, 3.05) is 11.1 Å². The van der Waals surface area contributed by atoms with Gasteiger partial charge in [0.25, 0.3) is 0 Å². The number of carbonyl (C=O) groups excluding carboxylic acids is 3. The molecule has 6 nitrogen and oxygen atoms in total. The third-order valence-corrected chi connectivity index (χ3v) is 4.22. The van der Waals surface area contributed by atoms with E-state index in [4.69, 9.17) is 0 Å². The summed E-state index contributed by atoms with van der Waals surface area (Å²) in [6, 6.07) is 12.9. The molecule has 3 amide bonds. The fraction of sp³-hybridized carbons (Fsp3) is 0.167. The van der Waals surface area contributed by atoms with Crippen LogP contribution in [-0.2, 0) is 20.8 Å². The molecule has 0 aromatic heterocycles. The van der Waals surface area contributed by atoms with Crippen LogP contribution in [0.3, 0.4) is 0 Å². The predicted molar refractivity (Wildman–Crippen MR) is 97.9 cm³/mol. The first kappa shape index (κ1) is 19.5. The normalized spacial score (nSPS) is 10.1. The van der Waals surface area contributed by atoms with Crippen LogP contribution in [0.2, 0.25) is 0 Å². The molecule has 26 heavy (non-hydrogen) atoms. The first-order valence-corrected chi connectivity index (χ1v) is 8.74. The molecule has 0 radical (unpaired) electrons. The predicted octanol–water partition coefficient (Wildman–Crippen LogP) is 2.27. The minimum absolute atomic E-state index is 0.0212. The molecule has 0 saturated carbocycles. The van der Waals surface area contributed by atoms with Gasteiger partial charge in [-0.15, -0.1) is 11.8 Å². The lowest BCUT2D eigenvalue weighted by atomic mass is 10.1. The maximum atomic E-state index is 13.4. The largest absolute Gasteiger partial charge is 0.326 e. The Bertz CT molecular complexity index is 797. The second-order valence-electron chi connectivity index (χ2n) is 5.37. The molecule has 0 fully saturated rings. The summed E-state index contributed by atoms with van der Waals surface area (Å²) in [4.78, 5) is 34.9. The van der Waals surface area contributed by atoms with Crippen molar-refractivity contribution in [1.29, 1.82) is 0 Å². The molecule has 0 heterocycles. The van der Waals surface area contributed by atoms with Crippen LogP contribution in [0.5, 0.6) is 0 Å². The molecule has 0 aliphatic rings. The first-order chi connectivity index (χ1) is 12.4. The molecule has 136 valence electrons. The van der Waals surface area contributed by atoms with Crippen LogP contribution in [0.1, 0.15) is 12.5 Å². The van der Waals surface area contributed by atoms with Gasteiger partial charge in [0, 0.05) is 17.5 Å². The highest BCUT2D eigenvalue weighted by atomic mass is 32.2. The zero-order chi connectivity index (χ0) is 18.9. The summed E-state index contributed by atoms with van der Waals surface area (Å²) in [6.07, 6.45) is 0.0705. The Morgan fingerprint density at radius 1 is 0.962 bits per heavy atom. The van der Waals surface area contributed by atoms with Crippen molar-refractivity contribution in [3.8, 4) is 0 Å². The number of hydrazine groups is 1. The van der Waals surface area contributed by atoms with Crippen molar-refractivity contribution in [2.45, 2.75) is 18.2 Å². The van der Waals surface area contributed by atoms with Crippen LogP contribution in [0.4, 0.5) is 10.1 Å². The maximum Gasteiger partial charge on any atom is 0.248 e. The summed E-state index contributed by atoms with van der Waals surface area (Å²) in [5.41, 5.74) is 5.97. The van der Waals surface area contributed by atoms with Gasteiger partial charge in [0.1, 0.15) is 5.82 Å². The maximum absolute atomic E-state index is 13.4. The summed E-state index contributed by atoms with van der Waals surface area (Å²) in [5.74, 6) is -1.41. The van der Waals surface area contributed by atoms with E-state index in [1.165, 1.54) is 13.0 Å². The fourth-order valence-electron chi connectivity index (χ4n) is 2.02. The number of hydrogen-bond donors (Lipinski definition) is 3. The van der Waals surface area contributed by atoms with Gasteiger partial charge < -0.3 is 5.32 Å². The van der Waals surface area contributed by atoms with Crippen LogP contribution in [0, 0.1) is 5.82 Å². The lowest BCUT2D eigenvalue weighted by Gasteiger charge is -2.08. The number of amides is 3. The number of thioether (sulfide) groups is 1. The molecule has 8 heteroatoms. The van der Waals surface area contributed by atoms with Crippen LogP contribution >= 0.6 is 11.8 Å². The quantitative estimate of drug-likeness (QED) is 0.534. The van der Waals surface area contributed by atoms with E-state index in [0.29, 0.717) is 10.6 Å². The van der Waals surface area contributed by atoms with Crippen LogP contribution in [0.25, 0.3) is 0 Å². The third kappa shape index (κ3) is 6.56. The number of rotatable bonds is 6. The number of benzene rings is 2. The van der Waals surface area contributed by atoms with Crippen LogP contribution in [0.15, 0.2) is 53.4 Å². The van der Waals surface area contributed by atoms with Gasteiger partial charge in [0.15, 0.2) is 0 Å². The molecule has 2 aromatic carbocycles. The molecule has 2 aromatic rings. The van der Waals surface area contributed by atoms with Gasteiger partial charge in [-0.05, 0) is 29.8 Å². The Balaban J connectivity index is 1.73. The number of nitrogens with one attached hydrogen (secondary N) is 3. The highest BCUT2D eigenvalue weighted by Gasteiger charge is 2.08. The third-order valence-electron chi connectivity index (χ3n) is 3.18. The molecule has 0 aliphatic heterocycles. The van der Waals surface area contributed by atoms with Gasteiger partial charge in [-0.25, -0.2) is 4.39 Å². The molecule has 2 rings (SSSR count). The highest BCUT2D eigenvalue weighted by molar-refractivity contribution is 8.00. The average Bonchev–Trinajstić information content (AvgIpc) is 2.60. The molecule has 0 bridgehead atoms. The Hall–Kier alpha value is -2.87. The summed E-state index contributed by atoms with van der Waals surface area (Å²) < 4.78 is 13.4. The van der Waals surface area contributed by atoms with Gasteiger partial charge in [0.2, 0.25) is 17.7 Å². The first-order valence-electron chi connectivity index (χ1n) is 7.75. The number of anilines is 1. The lowest BCUT2D eigenvalue weighted by Crippen LogP contribution is -2.43. The van der Waals surface area contributed by atoms with Crippen molar-refractivity contribution < 1.29 is 18.8 Å². The summed E-state index contributed by atoms with van der Waals surface area (Å²) in [7, 11) is 0. The summed E-state index contributed by atoms with van der Waals surface area (Å²) in [5, 5.41) is 2.63. The molecule has 0 unspecified atom stereocenters. The topological polar surface area (TPSA) is 87.3 Å². The number of hydrogen-bond acceptors (Lipinski definition) is 4. The molecule has 0 aliphatic carbocycles. The fourth-order valence-corrected chi connectivity index (χ4v) is 2.76. The van der Waals surface area contributed by atoms with E-state index in [1.54, 1.807) is 42.5 Å². The van der Waals surface area contributed by atoms with E-state index < -0.39 is 11.7 Å². The van der Waals surface area contributed by atoms with Crippen molar-refractivity contribution in [3.05, 3.63) is 59.9 Å². The molecule has 3 N–H and O–H groups in total. The van der Waals surface area contributed by atoms with E-state index in [2.05, 4.69) is 16.2 Å². The van der Waals surface area contributed by atoms with Crippen molar-refractivity contribution in [1.82, 2.24) is 10.9 Å². The van der Waals surface area contributed by atoms with Gasteiger partial charge in [-0.2, -0.15) is 0 Å². The van der Waals surface area contributed by atoms with E-state index in [1.807, 2.05) is 0 Å². The minimum atomic E-state index is -0.437. The molecule has 0 saturated heterocycles. The molecule has 0 spiro atoms. The minimum Gasteiger partial charge on any atom is -0.326 e. The standard InChI is InChI=1S/C18H18FN3O3S/c1-12(23)20-14-8-6-13(7-9-14)10-17(24)21-22-18(25)11-26-16-5-3-2-4-15(16)19/h2-9H,10-11H2,1H3,(H,20,23)(H,21,24)(H,22,25). The number of carbonyl (C=O) groups is 3. The van der Waals surface area contributed by atoms with Crippen molar-refractivity contribution >= 4 is 35.2 Å². The second kappa shape index (κ2) is 9.57. The zero-order valence-corrected chi connectivity index (χ0v) is 14.9. The summed E-state index contributed by atoms with van der Waals surface area (Å²) in [6.45, 7) is 1.41. The van der Waals surface area contributed by atoms with E-state index in [9.17, 15) is 18.8 Å². The van der Waals surface area contributed by atoms with E-state index in [-0.39, 0.29) is 24.0 Å². The molecular formula is C18H18FN3O3S. The lowest BCUT2D eigenvalue weighted by molar-refractivity contribution is -0.127. The van der Waals surface area contributed by atoms with Crippen molar-refractivity contribution in [2.24, 2.45) is 0 Å². The van der Waals surface area contributed by atoms with E-state index in [0.717, 1.165) is 17.3 Å². The van der Waals surface area contributed by atoms with E-state index >= 15 is 0 Å². The molecular weight excluding hydrogens is 357 g/mol. The van der Waals surface area contributed by atoms with Crippen LogP contribution < -0.4 is 16.2 Å². The van der Waals surface area contributed by atoms with Crippen molar-refractivity contribution in [3.63, 3.8) is 0 Å². The average molecular weight is 375 g/mol. The Morgan fingerprint density at radius 2 is 1.62 bits per heavy atom. The second-order valence-corrected chi connectivity index (χ2v) is 6.39. The van der Waals surface area contributed by atoms with Gasteiger partial charge >= 0.3 is 0 Å². The Labute approximate surface area is 154 Å². The molecule has 0 atom stereocenters. The summed E-state index contributed by atoms with van der Waals surface area (Å²) >= 11 is 1.04. The highest BCUT2D eigenvalue weighted by Crippen LogP contribution is 2.20. The van der Waals surface area contributed by atoms with Gasteiger partial charge in [-0.3, -0.25) is 25.2 Å². The Kier molecular flexibility index (Phi) is 7.16.